The summed E-state index contributed by atoms with van der Waals surface area (Å²) in [4.78, 5) is 9.76. The van der Waals surface area contributed by atoms with E-state index in [2.05, 4.69) is 26.3 Å². The van der Waals surface area contributed by atoms with Gasteiger partial charge in [-0.3, -0.25) is 4.90 Å². The number of hydrogen-bond acceptors (Lipinski definition) is 6. The van der Waals surface area contributed by atoms with Crippen LogP contribution >= 0.6 is 11.5 Å². The molecule has 0 radical (unpaired) electrons. The molecule has 0 bridgehead atoms. The minimum Gasteiger partial charge on any atom is -0.379 e. The predicted molar refractivity (Wildman–Crippen MR) is 97.5 cm³/mol. The molecule has 128 valence electrons. The van der Waals surface area contributed by atoms with Crippen molar-refractivity contribution >= 4 is 16.7 Å². The Balaban J connectivity index is 1.40. The first-order valence-electron chi connectivity index (χ1n) is 8.83. The van der Waals surface area contributed by atoms with Crippen molar-refractivity contribution in [3.8, 4) is 11.4 Å². The van der Waals surface area contributed by atoms with Gasteiger partial charge in [-0.1, -0.05) is 30.3 Å². The quantitative estimate of drug-likeness (QED) is 0.853. The van der Waals surface area contributed by atoms with Gasteiger partial charge in [0.15, 0.2) is 5.82 Å². The van der Waals surface area contributed by atoms with Gasteiger partial charge in [-0.05, 0) is 18.8 Å². The topological polar surface area (TPSA) is 41.5 Å². The molecule has 1 unspecified atom stereocenters. The zero-order valence-electron chi connectivity index (χ0n) is 13.9. The van der Waals surface area contributed by atoms with Gasteiger partial charge < -0.3 is 9.64 Å². The third-order valence-electron chi connectivity index (χ3n) is 4.86. The number of aromatic nitrogens is 2. The van der Waals surface area contributed by atoms with Crippen LogP contribution in [0.4, 0.5) is 5.13 Å². The van der Waals surface area contributed by atoms with Crippen LogP contribution in [0.2, 0.25) is 0 Å². The SMILES string of the molecule is c1ccc(-c2nsc(N3CCCC(CN4CCOCC4)C3)n2)cc1. The summed E-state index contributed by atoms with van der Waals surface area (Å²) >= 11 is 1.53. The maximum atomic E-state index is 5.46. The average molecular weight is 344 g/mol. The third-order valence-corrected chi connectivity index (χ3v) is 5.63. The molecule has 2 fully saturated rings. The lowest BCUT2D eigenvalue weighted by Gasteiger charge is -2.36. The zero-order valence-corrected chi connectivity index (χ0v) is 14.7. The zero-order chi connectivity index (χ0) is 16.2. The van der Waals surface area contributed by atoms with Crippen LogP contribution in [0.5, 0.6) is 0 Å². The molecular formula is C18H24N4OS. The smallest absolute Gasteiger partial charge is 0.205 e. The van der Waals surface area contributed by atoms with E-state index in [1.807, 2.05) is 18.2 Å². The number of anilines is 1. The molecule has 3 heterocycles. The third kappa shape index (κ3) is 3.77. The van der Waals surface area contributed by atoms with Gasteiger partial charge in [0, 0.05) is 49.8 Å². The molecule has 2 saturated heterocycles. The Labute approximate surface area is 147 Å². The Bertz CT molecular complexity index is 641. The number of rotatable bonds is 4. The Morgan fingerprint density at radius 1 is 1.12 bits per heavy atom. The van der Waals surface area contributed by atoms with Gasteiger partial charge >= 0.3 is 0 Å². The molecule has 24 heavy (non-hydrogen) atoms. The predicted octanol–water partition coefficient (Wildman–Crippen LogP) is 2.75. The highest BCUT2D eigenvalue weighted by Gasteiger charge is 2.25. The molecule has 4 rings (SSSR count). The largest absolute Gasteiger partial charge is 0.379 e. The van der Waals surface area contributed by atoms with E-state index >= 15 is 0 Å². The van der Waals surface area contributed by atoms with Crippen LogP contribution in [0.1, 0.15) is 12.8 Å². The highest BCUT2D eigenvalue weighted by atomic mass is 32.1. The summed E-state index contributed by atoms with van der Waals surface area (Å²) in [5.41, 5.74) is 1.10. The molecule has 5 nitrogen and oxygen atoms in total. The second-order valence-electron chi connectivity index (χ2n) is 6.63. The molecule has 1 aromatic carbocycles. The van der Waals surface area contributed by atoms with E-state index in [0.29, 0.717) is 0 Å². The van der Waals surface area contributed by atoms with Crippen molar-refractivity contribution in [2.24, 2.45) is 5.92 Å². The van der Waals surface area contributed by atoms with Crippen LogP contribution < -0.4 is 4.90 Å². The molecule has 6 heteroatoms. The van der Waals surface area contributed by atoms with Crippen molar-refractivity contribution in [1.82, 2.24) is 14.3 Å². The minimum atomic E-state index is 0.723. The van der Waals surface area contributed by atoms with E-state index in [9.17, 15) is 0 Å². The lowest BCUT2D eigenvalue weighted by atomic mass is 9.97. The summed E-state index contributed by atoms with van der Waals surface area (Å²) in [6.07, 6.45) is 2.56. The number of hydrogen-bond donors (Lipinski definition) is 0. The van der Waals surface area contributed by atoms with Crippen molar-refractivity contribution in [2.75, 3.05) is 50.8 Å². The monoisotopic (exact) mass is 344 g/mol. The maximum Gasteiger partial charge on any atom is 0.205 e. The van der Waals surface area contributed by atoms with E-state index in [-0.39, 0.29) is 0 Å². The molecule has 2 aliphatic heterocycles. The van der Waals surface area contributed by atoms with Gasteiger partial charge in [-0.25, -0.2) is 0 Å². The molecule has 0 aliphatic carbocycles. The minimum absolute atomic E-state index is 0.723. The van der Waals surface area contributed by atoms with Gasteiger partial charge in [0.25, 0.3) is 0 Å². The van der Waals surface area contributed by atoms with Crippen LogP contribution in [-0.4, -0.2) is 60.2 Å². The molecule has 2 aliphatic rings. The van der Waals surface area contributed by atoms with Crippen LogP contribution in [0, 0.1) is 5.92 Å². The number of piperidine rings is 1. The van der Waals surface area contributed by atoms with E-state index in [4.69, 9.17) is 9.72 Å². The molecule has 0 N–H and O–H groups in total. The fourth-order valence-electron chi connectivity index (χ4n) is 3.59. The van der Waals surface area contributed by atoms with Crippen molar-refractivity contribution in [3.63, 3.8) is 0 Å². The van der Waals surface area contributed by atoms with Crippen LogP contribution in [0.25, 0.3) is 11.4 Å². The average Bonchev–Trinajstić information content (AvgIpc) is 3.14. The summed E-state index contributed by atoms with van der Waals surface area (Å²) in [7, 11) is 0. The van der Waals surface area contributed by atoms with E-state index in [0.717, 1.165) is 61.8 Å². The van der Waals surface area contributed by atoms with Crippen molar-refractivity contribution in [1.29, 1.82) is 0 Å². The molecule has 0 saturated carbocycles. The lowest BCUT2D eigenvalue weighted by Crippen LogP contribution is -2.44. The van der Waals surface area contributed by atoms with Crippen molar-refractivity contribution < 1.29 is 4.74 Å². The normalized spacial score (nSPS) is 22.7. The second kappa shape index (κ2) is 7.59. The fourth-order valence-corrected chi connectivity index (χ4v) is 4.31. The van der Waals surface area contributed by atoms with Crippen LogP contribution in [0.15, 0.2) is 30.3 Å². The molecule has 2 aromatic rings. The van der Waals surface area contributed by atoms with Crippen LogP contribution in [0.3, 0.4) is 0 Å². The summed E-state index contributed by atoms with van der Waals surface area (Å²) in [5.74, 6) is 1.58. The van der Waals surface area contributed by atoms with E-state index < -0.39 is 0 Å². The van der Waals surface area contributed by atoms with Gasteiger partial charge in [-0.15, -0.1) is 0 Å². The maximum absolute atomic E-state index is 5.46. The number of nitrogens with zero attached hydrogens (tertiary/aromatic N) is 4. The Morgan fingerprint density at radius 3 is 2.79 bits per heavy atom. The van der Waals surface area contributed by atoms with Gasteiger partial charge in [0.05, 0.1) is 13.2 Å². The fraction of sp³-hybridized carbons (Fsp3) is 0.556. The van der Waals surface area contributed by atoms with Gasteiger partial charge in [0.2, 0.25) is 5.13 Å². The lowest BCUT2D eigenvalue weighted by molar-refractivity contribution is 0.0296. The van der Waals surface area contributed by atoms with Gasteiger partial charge in [-0.2, -0.15) is 9.36 Å². The summed E-state index contributed by atoms with van der Waals surface area (Å²) in [6, 6.07) is 10.2. The standard InChI is InChI=1S/C18H24N4OS/c1-2-6-16(7-3-1)17-19-18(24-20-17)22-8-4-5-15(14-22)13-21-9-11-23-12-10-21/h1-3,6-7,15H,4-5,8-14H2. The molecule has 1 atom stereocenters. The number of ether oxygens (including phenoxy) is 1. The summed E-state index contributed by atoms with van der Waals surface area (Å²) < 4.78 is 10.0. The summed E-state index contributed by atoms with van der Waals surface area (Å²) in [5, 5.41) is 1.07. The number of benzene rings is 1. The van der Waals surface area contributed by atoms with E-state index in [1.54, 1.807) is 0 Å². The van der Waals surface area contributed by atoms with Crippen molar-refractivity contribution in [2.45, 2.75) is 12.8 Å². The van der Waals surface area contributed by atoms with Crippen molar-refractivity contribution in [3.05, 3.63) is 30.3 Å². The first-order valence-corrected chi connectivity index (χ1v) is 9.60. The first kappa shape index (κ1) is 16.0. The second-order valence-corrected chi connectivity index (χ2v) is 7.36. The highest BCUT2D eigenvalue weighted by molar-refractivity contribution is 7.09. The summed E-state index contributed by atoms with van der Waals surface area (Å²) in [6.45, 7) is 7.30. The molecule has 0 spiro atoms. The molecule has 1 aromatic heterocycles. The van der Waals surface area contributed by atoms with Crippen LogP contribution in [-0.2, 0) is 4.74 Å². The highest BCUT2D eigenvalue weighted by Crippen LogP contribution is 2.28. The number of morpholine rings is 1. The van der Waals surface area contributed by atoms with Gasteiger partial charge in [0.1, 0.15) is 0 Å². The molecule has 0 amide bonds. The Hall–Kier alpha value is -1.50. The first-order chi connectivity index (χ1) is 11.9. The Morgan fingerprint density at radius 2 is 1.96 bits per heavy atom. The van der Waals surface area contributed by atoms with E-state index in [1.165, 1.54) is 30.9 Å². The Kier molecular flexibility index (Phi) is 5.06. The molecular weight excluding hydrogens is 320 g/mol.